The molecule has 1 aromatic carbocycles. The molecular weight excluding hydrogens is 278 g/mol. The van der Waals surface area contributed by atoms with E-state index < -0.39 is 0 Å². The first kappa shape index (κ1) is 16.8. The van der Waals surface area contributed by atoms with Gasteiger partial charge in [-0.2, -0.15) is 0 Å². The van der Waals surface area contributed by atoms with E-state index in [0.29, 0.717) is 11.3 Å². The Morgan fingerprint density at radius 1 is 1.35 bits per heavy atom. The van der Waals surface area contributed by atoms with E-state index in [9.17, 15) is 4.79 Å². The van der Waals surface area contributed by atoms with Gasteiger partial charge in [-0.1, -0.05) is 0 Å². The fourth-order valence-corrected chi connectivity index (χ4v) is 2.16. The van der Waals surface area contributed by atoms with Crippen molar-refractivity contribution in [1.82, 2.24) is 10.2 Å². The highest BCUT2D eigenvalue weighted by atomic mass is 35.5. The predicted molar refractivity (Wildman–Crippen MR) is 82.3 cm³/mol. The molecule has 1 fully saturated rings. The Morgan fingerprint density at radius 3 is 2.55 bits per heavy atom. The largest absolute Gasteiger partial charge is 0.399 e. The molecule has 0 bridgehead atoms. The summed E-state index contributed by atoms with van der Waals surface area (Å²) < 4.78 is 5.30. The highest BCUT2D eigenvalue weighted by Crippen LogP contribution is 2.06. The van der Waals surface area contributed by atoms with Crippen molar-refractivity contribution in [3.8, 4) is 0 Å². The van der Waals surface area contributed by atoms with Crippen molar-refractivity contribution in [3.63, 3.8) is 0 Å². The zero-order valence-corrected chi connectivity index (χ0v) is 12.5. The number of benzene rings is 1. The van der Waals surface area contributed by atoms with E-state index in [4.69, 9.17) is 10.5 Å². The van der Waals surface area contributed by atoms with E-state index in [-0.39, 0.29) is 24.4 Å². The van der Waals surface area contributed by atoms with Crippen molar-refractivity contribution in [1.29, 1.82) is 0 Å². The van der Waals surface area contributed by atoms with Crippen LogP contribution >= 0.6 is 12.4 Å². The molecule has 1 atom stereocenters. The Balaban J connectivity index is 0.00000200. The molecule has 20 heavy (non-hydrogen) atoms. The fourth-order valence-electron chi connectivity index (χ4n) is 2.16. The van der Waals surface area contributed by atoms with Crippen LogP contribution in [-0.2, 0) is 4.74 Å². The molecule has 3 N–H and O–H groups in total. The molecule has 0 aliphatic carbocycles. The zero-order valence-electron chi connectivity index (χ0n) is 11.7. The third kappa shape index (κ3) is 5.00. The third-order valence-electron chi connectivity index (χ3n) is 3.19. The van der Waals surface area contributed by atoms with Gasteiger partial charge < -0.3 is 15.8 Å². The molecule has 0 spiro atoms. The average molecular weight is 300 g/mol. The van der Waals surface area contributed by atoms with E-state index in [1.165, 1.54) is 0 Å². The van der Waals surface area contributed by atoms with Gasteiger partial charge >= 0.3 is 0 Å². The second kappa shape index (κ2) is 8.09. The standard InChI is InChI=1S/C14H21N3O2.ClH/c1-11(10-17-6-8-19-9-7-17)16-14(18)12-2-4-13(15)5-3-12;/h2-5,11H,6-10,15H2,1H3,(H,16,18);1H. The van der Waals surface area contributed by atoms with E-state index in [1.807, 2.05) is 6.92 Å². The molecule has 1 amide bonds. The summed E-state index contributed by atoms with van der Waals surface area (Å²) in [6, 6.07) is 7.07. The number of nitrogens with zero attached hydrogens (tertiary/aromatic N) is 1. The minimum atomic E-state index is -0.0549. The van der Waals surface area contributed by atoms with E-state index >= 15 is 0 Å². The molecule has 0 aromatic heterocycles. The Kier molecular flexibility index (Phi) is 6.78. The second-order valence-corrected chi connectivity index (χ2v) is 4.91. The van der Waals surface area contributed by atoms with E-state index in [1.54, 1.807) is 24.3 Å². The van der Waals surface area contributed by atoms with E-state index in [2.05, 4.69) is 10.2 Å². The molecule has 1 aliphatic rings. The lowest BCUT2D eigenvalue weighted by Crippen LogP contribution is -2.46. The number of nitrogens with one attached hydrogen (secondary N) is 1. The van der Waals surface area contributed by atoms with Crippen molar-refractivity contribution in [2.75, 3.05) is 38.6 Å². The van der Waals surface area contributed by atoms with Gasteiger partial charge in [0.2, 0.25) is 0 Å². The lowest BCUT2D eigenvalue weighted by molar-refractivity contribution is 0.0342. The number of hydrogen-bond acceptors (Lipinski definition) is 4. The first-order valence-corrected chi connectivity index (χ1v) is 6.61. The number of amides is 1. The van der Waals surface area contributed by atoms with Gasteiger partial charge in [-0.25, -0.2) is 0 Å². The van der Waals surface area contributed by atoms with Crippen LogP contribution in [0, 0.1) is 0 Å². The van der Waals surface area contributed by atoms with Gasteiger partial charge in [-0.3, -0.25) is 9.69 Å². The lowest BCUT2D eigenvalue weighted by atomic mass is 10.2. The van der Waals surface area contributed by atoms with Crippen molar-refractivity contribution in [2.45, 2.75) is 13.0 Å². The number of halogens is 1. The summed E-state index contributed by atoms with van der Waals surface area (Å²) in [7, 11) is 0. The monoisotopic (exact) mass is 299 g/mol. The summed E-state index contributed by atoms with van der Waals surface area (Å²) in [4.78, 5) is 14.3. The Bertz CT molecular complexity index is 419. The smallest absolute Gasteiger partial charge is 0.251 e. The first-order chi connectivity index (χ1) is 9.15. The SMILES string of the molecule is CC(CN1CCOCC1)NC(=O)c1ccc(N)cc1.Cl. The quantitative estimate of drug-likeness (QED) is 0.818. The van der Waals surface area contributed by atoms with Crippen LogP contribution in [0.4, 0.5) is 5.69 Å². The molecule has 0 saturated carbocycles. The molecule has 1 heterocycles. The average Bonchev–Trinajstić information content (AvgIpc) is 2.40. The summed E-state index contributed by atoms with van der Waals surface area (Å²) in [6.07, 6.45) is 0. The normalized spacial score (nSPS) is 17.1. The topological polar surface area (TPSA) is 67.6 Å². The third-order valence-corrected chi connectivity index (χ3v) is 3.19. The van der Waals surface area contributed by atoms with Crippen LogP contribution in [0.1, 0.15) is 17.3 Å². The number of morpholine rings is 1. The van der Waals surface area contributed by atoms with Crippen LogP contribution in [0.5, 0.6) is 0 Å². The van der Waals surface area contributed by atoms with Gasteiger partial charge in [0, 0.05) is 36.9 Å². The number of hydrogen-bond donors (Lipinski definition) is 2. The van der Waals surface area contributed by atoms with Gasteiger partial charge in [0.15, 0.2) is 0 Å². The van der Waals surface area contributed by atoms with Crippen molar-refractivity contribution in [3.05, 3.63) is 29.8 Å². The summed E-state index contributed by atoms with van der Waals surface area (Å²) in [5, 5.41) is 3.00. The van der Waals surface area contributed by atoms with Gasteiger partial charge in [0.25, 0.3) is 5.91 Å². The molecule has 0 radical (unpaired) electrons. The minimum Gasteiger partial charge on any atom is -0.399 e. The summed E-state index contributed by atoms with van der Waals surface area (Å²) in [5.74, 6) is -0.0549. The van der Waals surface area contributed by atoms with Crippen molar-refractivity contribution >= 4 is 24.0 Å². The number of nitrogens with two attached hydrogens (primary N) is 1. The Labute approximate surface area is 125 Å². The molecule has 1 saturated heterocycles. The number of anilines is 1. The molecule has 1 aliphatic heterocycles. The number of rotatable bonds is 4. The molecule has 112 valence electrons. The predicted octanol–water partition coefficient (Wildman–Crippen LogP) is 1.14. The Hall–Kier alpha value is -1.30. The van der Waals surface area contributed by atoms with Gasteiger partial charge in [0.05, 0.1) is 13.2 Å². The number of carbonyl (C=O) groups is 1. The molecule has 1 aromatic rings. The van der Waals surface area contributed by atoms with Gasteiger partial charge in [-0.15, -0.1) is 12.4 Å². The van der Waals surface area contributed by atoms with Crippen LogP contribution in [0.3, 0.4) is 0 Å². The lowest BCUT2D eigenvalue weighted by Gasteiger charge is -2.29. The highest BCUT2D eigenvalue weighted by molar-refractivity contribution is 5.94. The van der Waals surface area contributed by atoms with Crippen molar-refractivity contribution in [2.24, 2.45) is 0 Å². The maximum atomic E-state index is 12.0. The van der Waals surface area contributed by atoms with Crippen LogP contribution in [0.2, 0.25) is 0 Å². The number of carbonyl (C=O) groups excluding carboxylic acids is 1. The molecule has 5 nitrogen and oxygen atoms in total. The van der Waals surface area contributed by atoms with Crippen LogP contribution in [-0.4, -0.2) is 49.7 Å². The fraction of sp³-hybridized carbons (Fsp3) is 0.500. The van der Waals surface area contributed by atoms with E-state index in [0.717, 1.165) is 32.8 Å². The number of ether oxygens (including phenoxy) is 1. The second-order valence-electron chi connectivity index (χ2n) is 4.91. The minimum absolute atomic E-state index is 0. The summed E-state index contributed by atoms with van der Waals surface area (Å²) in [5.41, 5.74) is 6.91. The molecule has 6 heteroatoms. The van der Waals surface area contributed by atoms with Gasteiger partial charge in [0.1, 0.15) is 0 Å². The van der Waals surface area contributed by atoms with Crippen LogP contribution < -0.4 is 11.1 Å². The molecular formula is C14H22ClN3O2. The van der Waals surface area contributed by atoms with Crippen LogP contribution in [0.15, 0.2) is 24.3 Å². The number of nitrogen functional groups attached to an aromatic ring is 1. The molecule has 2 rings (SSSR count). The van der Waals surface area contributed by atoms with Gasteiger partial charge in [-0.05, 0) is 31.2 Å². The van der Waals surface area contributed by atoms with Crippen LogP contribution in [0.25, 0.3) is 0 Å². The maximum absolute atomic E-state index is 12.0. The molecule has 1 unspecified atom stereocenters. The maximum Gasteiger partial charge on any atom is 0.251 e. The first-order valence-electron chi connectivity index (χ1n) is 6.61. The highest BCUT2D eigenvalue weighted by Gasteiger charge is 2.15. The zero-order chi connectivity index (χ0) is 13.7. The Morgan fingerprint density at radius 2 is 1.95 bits per heavy atom. The summed E-state index contributed by atoms with van der Waals surface area (Å²) in [6.45, 7) is 6.29. The summed E-state index contributed by atoms with van der Waals surface area (Å²) >= 11 is 0. The van der Waals surface area contributed by atoms with Crippen molar-refractivity contribution < 1.29 is 9.53 Å².